The van der Waals surface area contributed by atoms with Crippen LogP contribution in [0.3, 0.4) is 0 Å². The molecule has 0 aliphatic heterocycles. The average molecular weight is 364 g/mol. The van der Waals surface area contributed by atoms with Crippen molar-refractivity contribution < 1.29 is 19.1 Å². The van der Waals surface area contributed by atoms with Crippen LogP contribution in [0.25, 0.3) is 10.9 Å². The normalized spacial score (nSPS) is 10.7. The number of ketones is 1. The highest BCUT2D eigenvalue weighted by molar-refractivity contribution is 6.38. The molecule has 0 fully saturated rings. The SMILES string of the molecule is CCCC(=O)c1cnc2c(OCCCC(=O)OCC)cccc2c1Cl. The minimum absolute atomic E-state index is 0.0114. The summed E-state index contributed by atoms with van der Waals surface area (Å²) in [6.07, 6.45) is 3.57. The molecule has 0 aliphatic carbocycles. The first-order valence-electron chi connectivity index (χ1n) is 8.47. The van der Waals surface area contributed by atoms with E-state index in [9.17, 15) is 9.59 Å². The second-order valence-electron chi connectivity index (χ2n) is 5.57. The highest BCUT2D eigenvalue weighted by atomic mass is 35.5. The third kappa shape index (κ3) is 4.92. The van der Waals surface area contributed by atoms with E-state index in [4.69, 9.17) is 21.1 Å². The van der Waals surface area contributed by atoms with E-state index in [2.05, 4.69) is 4.98 Å². The van der Waals surface area contributed by atoms with Gasteiger partial charge >= 0.3 is 5.97 Å². The summed E-state index contributed by atoms with van der Waals surface area (Å²) < 4.78 is 10.6. The summed E-state index contributed by atoms with van der Waals surface area (Å²) in [5, 5.41) is 1.09. The van der Waals surface area contributed by atoms with Crippen LogP contribution in [0.2, 0.25) is 5.02 Å². The van der Waals surface area contributed by atoms with Gasteiger partial charge in [-0.1, -0.05) is 30.7 Å². The van der Waals surface area contributed by atoms with Gasteiger partial charge in [-0.3, -0.25) is 14.6 Å². The lowest BCUT2D eigenvalue weighted by molar-refractivity contribution is -0.143. The fraction of sp³-hybridized carbons (Fsp3) is 0.421. The number of rotatable bonds is 9. The molecule has 0 amide bonds. The summed E-state index contributed by atoms with van der Waals surface area (Å²) in [6, 6.07) is 5.42. The predicted octanol–water partition coefficient (Wildman–Crippen LogP) is 4.59. The number of Topliss-reactive ketones (excluding diaryl/α,β-unsaturated/α-hetero) is 1. The van der Waals surface area contributed by atoms with Gasteiger partial charge in [0.05, 0.1) is 23.8 Å². The number of benzene rings is 1. The van der Waals surface area contributed by atoms with Crippen molar-refractivity contribution in [1.29, 1.82) is 0 Å². The molecule has 6 heteroatoms. The molecule has 1 aromatic heterocycles. The first-order valence-corrected chi connectivity index (χ1v) is 8.85. The molecule has 2 rings (SSSR count). The molecule has 0 atom stereocenters. The van der Waals surface area contributed by atoms with Gasteiger partial charge in [-0.05, 0) is 25.8 Å². The molecule has 25 heavy (non-hydrogen) atoms. The van der Waals surface area contributed by atoms with Crippen LogP contribution in [0.15, 0.2) is 24.4 Å². The zero-order valence-electron chi connectivity index (χ0n) is 14.5. The number of para-hydroxylation sites is 1. The molecule has 0 unspecified atom stereocenters. The number of nitrogens with zero attached hydrogens (tertiary/aromatic N) is 1. The summed E-state index contributed by atoms with van der Waals surface area (Å²) in [5.41, 5.74) is 1.05. The van der Waals surface area contributed by atoms with Gasteiger partial charge in [0, 0.05) is 24.4 Å². The Bertz CT molecular complexity index is 760. The molecule has 0 saturated heterocycles. The van der Waals surface area contributed by atoms with E-state index >= 15 is 0 Å². The third-order valence-corrected chi connectivity index (χ3v) is 4.07. The van der Waals surface area contributed by atoms with Gasteiger partial charge in [-0.25, -0.2) is 0 Å². The number of hydrogen-bond donors (Lipinski definition) is 0. The second-order valence-corrected chi connectivity index (χ2v) is 5.95. The first kappa shape index (κ1) is 19.2. The molecular weight excluding hydrogens is 342 g/mol. The molecule has 0 spiro atoms. The van der Waals surface area contributed by atoms with Crippen LogP contribution < -0.4 is 4.74 Å². The Hall–Kier alpha value is -2.14. The Kier molecular flexibility index (Phi) is 7.19. The minimum Gasteiger partial charge on any atom is -0.491 e. The quantitative estimate of drug-likeness (QED) is 0.370. The van der Waals surface area contributed by atoms with Crippen molar-refractivity contribution in [3.63, 3.8) is 0 Å². The Morgan fingerprint density at radius 3 is 2.72 bits per heavy atom. The zero-order valence-corrected chi connectivity index (χ0v) is 15.3. The predicted molar refractivity (Wildman–Crippen MR) is 97.4 cm³/mol. The van der Waals surface area contributed by atoms with Gasteiger partial charge in [0.1, 0.15) is 11.3 Å². The van der Waals surface area contributed by atoms with Crippen LogP contribution in [0.4, 0.5) is 0 Å². The Morgan fingerprint density at radius 1 is 1.20 bits per heavy atom. The number of pyridine rings is 1. The number of halogens is 1. The van der Waals surface area contributed by atoms with Crippen molar-refractivity contribution in [1.82, 2.24) is 4.98 Å². The lowest BCUT2D eigenvalue weighted by atomic mass is 10.1. The van der Waals surface area contributed by atoms with Crippen LogP contribution in [0, 0.1) is 0 Å². The fourth-order valence-electron chi connectivity index (χ4n) is 2.47. The van der Waals surface area contributed by atoms with Crippen molar-refractivity contribution in [3.05, 3.63) is 35.0 Å². The number of aromatic nitrogens is 1. The van der Waals surface area contributed by atoms with Crippen LogP contribution >= 0.6 is 11.6 Å². The van der Waals surface area contributed by atoms with Gasteiger partial charge in [0.15, 0.2) is 5.78 Å². The lowest BCUT2D eigenvalue weighted by Crippen LogP contribution is -2.07. The van der Waals surface area contributed by atoms with Crippen molar-refractivity contribution in [2.75, 3.05) is 13.2 Å². The maximum atomic E-state index is 12.1. The van der Waals surface area contributed by atoms with E-state index in [0.717, 1.165) is 6.42 Å². The highest BCUT2D eigenvalue weighted by Crippen LogP contribution is 2.32. The van der Waals surface area contributed by atoms with E-state index in [1.54, 1.807) is 13.0 Å². The van der Waals surface area contributed by atoms with Crippen molar-refractivity contribution in [2.24, 2.45) is 0 Å². The van der Waals surface area contributed by atoms with Gasteiger partial charge < -0.3 is 9.47 Å². The van der Waals surface area contributed by atoms with E-state index in [1.165, 1.54) is 6.20 Å². The van der Waals surface area contributed by atoms with Crippen molar-refractivity contribution >= 4 is 34.3 Å². The molecule has 2 aromatic rings. The van der Waals surface area contributed by atoms with Crippen LogP contribution in [-0.2, 0) is 9.53 Å². The minimum atomic E-state index is -0.232. The molecule has 5 nitrogen and oxygen atoms in total. The topological polar surface area (TPSA) is 65.5 Å². The third-order valence-electron chi connectivity index (χ3n) is 3.66. The van der Waals surface area contributed by atoms with Crippen LogP contribution in [-0.4, -0.2) is 30.0 Å². The van der Waals surface area contributed by atoms with E-state index in [0.29, 0.717) is 59.7 Å². The average Bonchev–Trinajstić information content (AvgIpc) is 2.60. The molecule has 134 valence electrons. The Balaban J connectivity index is 2.13. The lowest BCUT2D eigenvalue weighted by Gasteiger charge is -2.11. The molecule has 0 saturated carbocycles. The van der Waals surface area contributed by atoms with Crippen LogP contribution in [0.5, 0.6) is 5.75 Å². The standard InChI is InChI=1S/C19H22ClNO4/c1-3-7-15(22)14-12-21-19-13(18(14)20)8-5-9-16(19)25-11-6-10-17(23)24-4-2/h5,8-9,12H,3-4,6-7,10-11H2,1-2H3. The molecule has 1 aromatic carbocycles. The molecular formula is C19H22ClNO4. The van der Waals surface area contributed by atoms with Crippen molar-refractivity contribution in [2.45, 2.75) is 39.5 Å². The summed E-state index contributed by atoms with van der Waals surface area (Å²) in [5.74, 6) is 0.338. The maximum absolute atomic E-state index is 12.1. The zero-order chi connectivity index (χ0) is 18.2. The van der Waals surface area contributed by atoms with Crippen LogP contribution in [0.1, 0.15) is 49.9 Å². The summed E-state index contributed by atoms with van der Waals surface area (Å²) in [7, 11) is 0. The number of fused-ring (bicyclic) bond motifs is 1. The fourth-order valence-corrected chi connectivity index (χ4v) is 2.77. The number of ether oxygens (including phenoxy) is 2. The molecule has 0 bridgehead atoms. The van der Waals surface area contributed by atoms with E-state index < -0.39 is 0 Å². The number of carbonyl (C=O) groups excluding carboxylic acids is 2. The summed E-state index contributed by atoms with van der Waals surface area (Å²) in [4.78, 5) is 27.8. The second kappa shape index (κ2) is 9.37. The molecule has 0 aliphatic rings. The van der Waals surface area contributed by atoms with Gasteiger partial charge in [-0.2, -0.15) is 0 Å². The van der Waals surface area contributed by atoms with E-state index in [1.807, 2.05) is 19.1 Å². The smallest absolute Gasteiger partial charge is 0.305 e. The number of esters is 1. The molecule has 0 radical (unpaired) electrons. The first-order chi connectivity index (χ1) is 12.1. The highest BCUT2D eigenvalue weighted by Gasteiger charge is 2.15. The molecule has 0 N–H and O–H groups in total. The summed E-state index contributed by atoms with van der Waals surface area (Å²) in [6.45, 7) is 4.47. The number of carbonyl (C=O) groups is 2. The van der Waals surface area contributed by atoms with Crippen molar-refractivity contribution in [3.8, 4) is 5.75 Å². The molecule has 1 heterocycles. The monoisotopic (exact) mass is 363 g/mol. The van der Waals surface area contributed by atoms with Gasteiger partial charge in [0.2, 0.25) is 0 Å². The Labute approximate surface area is 152 Å². The summed E-state index contributed by atoms with van der Waals surface area (Å²) >= 11 is 6.40. The largest absolute Gasteiger partial charge is 0.491 e. The number of hydrogen-bond acceptors (Lipinski definition) is 5. The van der Waals surface area contributed by atoms with Gasteiger partial charge in [-0.15, -0.1) is 0 Å². The Morgan fingerprint density at radius 2 is 2.00 bits per heavy atom. The van der Waals surface area contributed by atoms with Gasteiger partial charge in [0.25, 0.3) is 0 Å². The maximum Gasteiger partial charge on any atom is 0.305 e. The van der Waals surface area contributed by atoms with E-state index in [-0.39, 0.29) is 11.8 Å².